The van der Waals surface area contributed by atoms with Gasteiger partial charge < -0.3 is 14.7 Å². The van der Waals surface area contributed by atoms with Crippen molar-refractivity contribution < 1.29 is 14.6 Å². The molecule has 2 fully saturated rings. The van der Waals surface area contributed by atoms with E-state index in [4.69, 9.17) is 27.9 Å². The molecule has 2 saturated heterocycles. The van der Waals surface area contributed by atoms with Gasteiger partial charge in [-0.25, -0.2) is 0 Å². The maximum absolute atomic E-state index is 12.3. The Kier molecular flexibility index (Phi) is 8.64. The molecule has 2 heterocycles. The van der Waals surface area contributed by atoms with Crippen molar-refractivity contribution in [1.29, 1.82) is 0 Å². The highest BCUT2D eigenvalue weighted by molar-refractivity contribution is 6.42. The number of halogens is 2. The fourth-order valence-corrected chi connectivity index (χ4v) is 5.80. The maximum Gasteiger partial charge on any atom is 0.324 e. The van der Waals surface area contributed by atoms with Crippen molar-refractivity contribution in [3.63, 3.8) is 0 Å². The molecule has 0 radical (unpaired) electrons. The number of piperidine rings is 2. The minimum Gasteiger partial charge on any atom is -0.490 e. The first kappa shape index (κ1) is 26.3. The van der Waals surface area contributed by atoms with E-state index in [1.165, 1.54) is 0 Å². The summed E-state index contributed by atoms with van der Waals surface area (Å²) in [6.45, 7) is 8.60. The predicted molar refractivity (Wildman–Crippen MR) is 142 cm³/mol. The number of hydrogen-bond donors (Lipinski definition) is 1. The molecule has 35 heavy (non-hydrogen) atoms. The predicted octanol–water partition coefficient (Wildman–Crippen LogP) is 5.94. The molecule has 0 aromatic heterocycles. The van der Waals surface area contributed by atoms with Crippen molar-refractivity contribution in [2.75, 3.05) is 32.7 Å². The van der Waals surface area contributed by atoms with Gasteiger partial charge in [0, 0.05) is 31.6 Å². The lowest BCUT2D eigenvalue weighted by Crippen LogP contribution is -2.57. The van der Waals surface area contributed by atoms with Gasteiger partial charge in [-0.3, -0.25) is 9.69 Å². The number of aliphatic carboxylic acids is 1. The van der Waals surface area contributed by atoms with E-state index in [-0.39, 0.29) is 6.10 Å². The highest BCUT2D eigenvalue weighted by atomic mass is 35.5. The molecule has 190 valence electrons. The molecule has 1 N–H and O–H groups in total. The maximum atomic E-state index is 12.3. The van der Waals surface area contributed by atoms with Crippen molar-refractivity contribution in [2.45, 2.75) is 57.6 Å². The van der Waals surface area contributed by atoms with Gasteiger partial charge in [-0.15, -0.1) is 0 Å². The Bertz CT molecular complexity index is 1000. The lowest BCUT2D eigenvalue weighted by Gasteiger charge is -2.43. The van der Waals surface area contributed by atoms with Gasteiger partial charge in [0.2, 0.25) is 0 Å². The van der Waals surface area contributed by atoms with E-state index < -0.39 is 11.5 Å². The summed E-state index contributed by atoms with van der Waals surface area (Å²) in [5.74, 6) is 0.692. The first-order valence-electron chi connectivity index (χ1n) is 12.6. The molecule has 0 amide bonds. The standard InChI is InChI=1S/C28H36Cl2N2O3/c1-20-25(9-8-24(29)26(20)30)35-23-12-14-31(15-13-23)19-22-10-16-32(17-11-22)28(2,27(33)34)18-21-6-4-3-5-7-21/h3-9,22-23H,10-19H2,1-2H3,(H,33,34). The van der Waals surface area contributed by atoms with E-state index in [1.54, 1.807) is 6.07 Å². The van der Waals surface area contributed by atoms with E-state index in [1.807, 2.05) is 50.2 Å². The van der Waals surface area contributed by atoms with Crippen LogP contribution in [-0.4, -0.2) is 65.2 Å². The molecule has 1 atom stereocenters. The van der Waals surface area contributed by atoms with Crippen molar-refractivity contribution in [1.82, 2.24) is 9.80 Å². The van der Waals surface area contributed by atoms with Crippen molar-refractivity contribution >= 4 is 29.2 Å². The van der Waals surface area contributed by atoms with Gasteiger partial charge >= 0.3 is 5.97 Å². The molecule has 4 rings (SSSR count). The zero-order valence-corrected chi connectivity index (χ0v) is 22.2. The molecule has 2 aromatic rings. The second-order valence-electron chi connectivity index (χ2n) is 10.3. The van der Waals surface area contributed by atoms with Crippen LogP contribution in [0.4, 0.5) is 0 Å². The van der Waals surface area contributed by atoms with Crippen molar-refractivity contribution in [3.05, 3.63) is 63.6 Å². The number of likely N-dealkylation sites (tertiary alicyclic amines) is 2. The third kappa shape index (κ3) is 6.32. The van der Waals surface area contributed by atoms with Gasteiger partial charge in [-0.2, -0.15) is 0 Å². The number of hydrogen-bond acceptors (Lipinski definition) is 4. The Balaban J connectivity index is 1.24. The zero-order valence-electron chi connectivity index (χ0n) is 20.7. The molecule has 2 aromatic carbocycles. The van der Waals surface area contributed by atoms with Gasteiger partial charge in [0.15, 0.2) is 0 Å². The summed E-state index contributed by atoms with van der Waals surface area (Å²) in [5.41, 5.74) is 1.10. The molecular formula is C28H36Cl2N2O3. The number of benzene rings is 2. The Morgan fingerprint density at radius 2 is 1.69 bits per heavy atom. The third-order valence-corrected chi connectivity index (χ3v) is 8.70. The molecule has 0 spiro atoms. The Hall–Kier alpha value is -1.79. The summed E-state index contributed by atoms with van der Waals surface area (Å²) in [4.78, 5) is 17.0. The van der Waals surface area contributed by atoms with Gasteiger partial charge in [-0.1, -0.05) is 53.5 Å². The molecule has 2 aliphatic rings. The van der Waals surface area contributed by atoms with E-state index in [9.17, 15) is 9.90 Å². The highest BCUT2D eigenvalue weighted by Gasteiger charge is 2.41. The molecule has 0 bridgehead atoms. The normalized spacial score (nSPS) is 20.5. The third-order valence-electron chi connectivity index (χ3n) is 7.80. The lowest BCUT2D eigenvalue weighted by atomic mass is 9.86. The smallest absolute Gasteiger partial charge is 0.324 e. The van der Waals surface area contributed by atoms with Crippen LogP contribution in [0.3, 0.4) is 0 Å². The first-order valence-corrected chi connectivity index (χ1v) is 13.4. The molecule has 5 nitrogen and oxygen atoms in total. The van der Waals surface area contributed by atoms with Crippen LogP contribution in [-0.2, 0) is 11.2 Å². The number of carboxylic acids is 1. The Labute approximate surface area is 219 Å². The second-order valence-corrected chi connectivity index (χ2v) is 11.1. The zero-order chi connectivity index (χ0) is 25.0. The van der Waals surface area contributed by atoms with Crippen LogP contribution in [0.1, 0.15) is 43.7 Å². The number of ether oxygens (including phenoxy) is 1. The molecule has 0 saturated carbocycles. The van der Waals surface area contributed by atoms with Crippen LogP contribution in [0.2, 0.25) is 10.0 Å². The van der Waals surface area contributed by atoms with Crippen LogP contribution < -0.4 is 4.74 Å². The molecule has 1 unspecified atom stereocenters. The van der Waals surface area contributed by atoms with Gasteiger partial charge in [0.1, 0.15) is 17.4 Å². The molecule has 2 aliphatic heterocycles. The van der Waals surface area contributed by atoms with E-state index in [2.05, 4.69) is 9.80 Å². The minimum atomic E-state index is -0.870. The van der Waals surface area contributed by atoms with Crippen LogP contribution >= 0.6 is 23.2 Å². The lowest BCUT2D eigenvalue weighted by molar-refractivity contribution is -0.151. The average Bonchev–Trinajstić information content (AvgIpc) is 2.86. The van der Waals surface area contributed by atoms with Crippen molar-refractivity contribution in [2.24, 2.45) is 5.92 Å². The fraction of sp³-hybridized carbons (Fsp3) is 0.536. The number of nitrogens with zero attached hydrogens (tertiary/aromatic N) is 2. The van der Waals surface area contributed by atoms with Gasteiger partial charge in [-0.05, 0) is 76.2 Å². The molecule has 0 aliphatic carbocycles. The summed E-state index contributed by atoms with van der Waals surface area (Å²) in [6.07, 6.45) is 4.78. The summed E-state index contributed by atoms with van der Waals surface area (Å²) < 4.78 is 6.25. The van der Waals surface area contributed by atoms with Crippen LogP contribution in [0.5, 0.6) is 5.75 Å². The number of carboxylic acid groups (broad SMARTS) is 1. The fourth-order valence-electron chi connectivity index (χ4n) is 5.44. The first-order chi connectivity index (χ1) is 16.8. The summed E-state index contributed by atoms with van der Waals surface area (Å²) in [7, 11) is 0. The van der Waals surface area contributed by atoms with Crippen molar-refractivity contribution in [3.8, 4) is 5.75 Å². The number of carbonyl (C=O) groups is 1. The Morgan fingerprint density at radius 1 is 1.03 bits per heavy atom. The summed E-state index contributed by atoms with van der Waals surface area (Å²) in [6, 6.07) is 13.7. The molecule has 7 heteroatoms. The van der Waals surface area contributed by atoms with Gasteiger partial charge in [0.05, 0.1) is 10.0 Å². The van der Waals surface area contributed by atoms with Crippen LogP contribution in [0.15, 0.2) is 42.5 Å². The molecular weight excluding hydrogens is 483 g/mol. The van der Waals surface area contributed by atoms with E-state index in [0.29, 0.717) is 22.4 Å². The SMILES string of the molecule is Cc1c(OC2CCN(CC3CCN(C(C)(Cc4ccccc4)C(=O)O)CC3)CC2)ccc(Cl)c1Cl. The number of rotatable bonds is 8. The van der Waals surface area contributed by atoms with E-state index >= 15 is 0 Å². The quantitative estimate of drug-likeness (QED) is 0.468. The van der Waals surface area contributed by atoms with Crippen LogP contribution in [0, 0.1) is 12.8 Å². The minimum absolute atomic E-state index is 0.193. The summed E-state index contributed by atoms with van der Waals surface area (Å²) in [5, 5.41) is 11.2. The highest BCUT2D eigenvalue weighted by Crippen LogP contribution is 2.34. The van der Waals surface area contributed by atoms with Gasteiger partial charge in [0.25, 0.3) is 0 Å². The summed E-state index contributed by atoms with van der Waals surface area (Å²) >= 11 is 12.4. The Morgan fingerprint density at radius 3 is 2.31 bits per heavy atom. The van der Waals surface area contributed by atoms with E-state index in [0.717, 1.165) is 75.3 Å². The monoisotopic (exact) mass is 518 g/mol. The second kappa shape index (κ2) is 11.5. The van der Waals surface area contributed by atoms with Crippen LogP contribution in [0.25, 0.3) is 0 Å². The average molecular weight is 520 g/mol. The topological polar surface area (TPSA) is 53.0 Å². The largest absolute Gasteiger partial charge is 0.490 e.